The molecule has 2 aliphatic heterocycles. The van der Waals surface area contributed by atoms with Crippen LogP contribution in [0.1, 0.15) is 49.8 Å². The number of nitrogens with zero attached hydrogens (tertiary/aromatic N) is 6. The van der Waals surface area contributed by atoms with Crippen LogP contribution in [0.5, 0.6) is 0 Å². The Morgan fingerprint density at radius 1 is 0.962 bits per heavy atom. The highest BCUT2D eigenvalue weighted by Gasteiger charge is 2.34. The second-order valence-corrected chi connectivity index (χ2v) is 7.05. The molecule has 1 atom stereocenters. The van der Waals surface area contributed by atoms with Crippen LogP contribution in [0, 0.1) is 0 Å². The largest absolute Gasteiger partial charge is 0.332 e. The number of hydrogen-bond acceptors (Lipinski definition) is 6. The second-order valence-electron chi connectivity index (χ2n) is 7.05. The predicted molar refractivity (Wildman–Crippen MR) is 96.6 cm³/mol. The molecule has 0 amide bonds. The van der Waals surface area contributed by atoms with Crippen LogP contribution in [-0.2, 0) is 13.0 Å². The van der Waals surface area contributed by atoms with Gasteiger partial charge in [-0.25, -0.2) is 0 Å². The first-order chi connectivity index (χ1) is 12.9. The van der Waals surface area contributed by atoms with Gasteiger partial charge in [0.15, 0.2) is 5.82 Å². The summed E-state index contributed by atoms with van der Waals surface area (Å²) < 4.78 is 7.84. The lowest BCUT2D eigenvalue weighted by Crippen LogP contribution is -2.26. The molecule has 0 aliphatic carbocycles. The predicted octanol–water partition coefficient (Wildman–Crippen LogP) is 3.40. The monoisotopic (exact) mass is 350 g/mol. The van der Waals surface area contributed by atoms with Gasteiger partial charge in [-0.1, -0.05) is 24.6 Å². The standard InChI is InChI=1S/C19H22N6O/c1-3-8-14(9-4-1)18-20-19(23-26-18)24-13-7-10-15(24)17-22-21-16-11-5-2-6-12-25(16)17/h1,3-4,8-9,15H,2,5-7,10-13H2. The highest BCUT2D eigenvalue weighted by Crippen LogP contribution is 2.35. The van der Waals surface area contributed by atoms with E-state index in [4.69, 9.17) is 4.52 Å². The van der Waals surface area contributed by atoms with E-state index in [1.54, 1.807) is 0 Å². The summed E-state index contributed by atoms with van der Waals surface area (Å²) in [6.07, 6.45) is 6.85. The smallest absolute Gasteiger partial charge is 0.266 e. The molecule has 1 unspecified atom stereocenters. The molecule has 5 rings (SSSR count). The summed E-state index contributed by atoms with van der Waals surface area (Å²) in [7, 11) is 0. The van der Waals surface area contributed by atoms with Crippen LogP contribution < -0.4 is 4.90 Å². The molecule has 2 aromatic heterocycles. The third-order valence-electron chi connectivity index (χ3n) is 5.38. The van der Waals surface area contributed by atoms with E-state index < -0.39 is 0 Å². The molecular formula is C19H22N6O. The van der Waals surface area contributed by atoms with Crippen molar-refractivity contribution in [1.82, 2.24) is 24.9 Å². The molecular weight excluding hydrogens is 328 g/mol. The minimum absolute atomic E-state index is 0.176. The fourth-order valence-electron chi connectivity index (χ4n) is 4.06. The minimum Gasteiger partial charge on any atom is -0.332 e. The SMILES string of the molecule is c1ccc(-c2nc(N3CCCC3c3nnc4n3CCCCC4)no2)cc1. The van der Waals surface area contributed by atoms with E-state index in [2.05, 4.69) is 29.8 Å². The summed E-state index contributed by atoms with van der Waals surface area (Å²) in [6, 6.07) is 10.1. The Bertz CT molecular complexity index is 887. The summed E-state index contributed by atoms with van der Waals surface area (Å²) in [5, 5.41) is 13.3. The third-order valence-corrected chi connectivity index (χ3v) is 5.38. The van der Waals surface area contributed by atoms with Gasteiger partial charge in [0.05, 0.1) is 6.04 Å². The molecule has 3 aromatic rings. The van der Waals surface area contributed by atoms with Gasteiger partial charge >= 0.3 is 0 Å². The number of hydrogen-bond donors (Lipinski definition) is 0. The molecule has 4 heterocycles. The van der Waals surface area contributed by atoms with E-state index in [0.717, 1.165) is 49.6 Å². The van der Waals surface area contributed by atoms with Crippen molar-refractivity contribution in [1.29, 1.82) is 0 Å². The summed E-state index contributed by atoms with van der Waals surface area (Å²) in [6.45, 7) is 1.93. The zero-order valence-electron chi connectivity index (χ0n) is 14.7. The first kappa shape index (κ1) is 15.5. The van der Waals surface area contributed by atoms with Gasteiger partial charge in [0, 0.05) is 25.1 Å². The normalized spacial score (nSPS) is 20.2. The lowest BCUT2D eigenvalue weighted by molar-refractivity contribution is 0.427. The maximum absolute atomic E-state index is 5.52. The molecule has 0 radical (unpaired) electrons. The van der Waals surface area contributed by atoms with Gasteiger partial charge in [-0.05, 0) is 43.0 Å². The van der Waals surface area contributed by atoms with Gasteiger partial charge in [0.25, 0.3) is 11.8 Å². The number of anilines is 1. The Morgan fingerprint density at radius 2 is 1.88 bits per heavy atom. The molecule has 26 heavy (non-hydrogen) atoms. The third kappa shape index (κ3) is 2.67. The Balaban J connectivity index is 1.45. The van der Waals surface area contributed by atoms with Gasteiger partial charge in [-0.3, -0.25) is 0 Å². The fraction of sp³-hybridized carbons (Fsp3) is 0.474. The average Bonchev–Trinajstić information content (AvgIpc) is 3.39. The summed E-state index contributed by atoms with van der Waals surface area (Å²) in [4.78, 5) is 6.86. The minimum atomic E-state index is 0.176. The molecule has 1 fully saturated rings. The van der Waals surface area contributed by atoms with E-state index in [1.807, 2.05) is 30.3 Å². The number of benzene rings is 1. The van der Waals surface area contributed by atoms with Crippen LogP contribution in [0.25, 0.3) is 11.5 Å². The fourth-order valence-corrected chi connectivity index (χ4v) is 4.06. The van der Waals surface area contributed by atoms with E-state index >= 15 is 0 Å². The van der Waals surface area contributed by atoms with Crippen molar-refractivity contribution in [3.8, 4) is 11.5 Å². The Labute approximate surface area is 152 Å². The van der Waals surface area contributed by atoms with E-state index in [9.17, 15) is 0 Å². The first-order valence-electron chi connectivity index (χ1n) is 9.48. The molecule has 1 aromatic carbocycles. The van der Waals surface area contributed by atoms with Crippen LogP contribution in [0.3, 0.4) is 0 Å². The summed E-state index contributed by atoms with van der Waals surface area (Å²) in [5.41, 5.74) is 0.943. The van der Waals surface area contributed by atoms with Gasteiger partial charge < -0.3 is 14.0 Å². The zero-order chi connectivity index (χ0) is 17.3. The van der Waals surface area contributed by atoms with Crippen LogP contribution in [0.15, 0.2) is 34.9 Å². The van der Waals surface area contributed by atoms with Crippen LogP contribution in [0.2, 0.25) is 0 Å². The van der Waals surface area contributed by atoms with Crippen molar-refractivity contribution in [2.45, 2.75) is 51.1 Å². The molecule has 134 valence electrons. The van der Waals surface area contributed by atoms with E-state index in [-0.39, 0.29) is 6.04 Å². The molecule has 0 bridgehead atoms. The van der Waals surface area contributed by atoms with Crippen molar-refractivity contribution in [3.05, 3.63) is 42.0 Å². The molecule has 7 nitrogen and oxygen atoms in total. The lowest BCUT2D eigenvalue weighted by Gasteiger charge is -2.22. The van der Waals surface area contributed by atoms with Crippen molar-refractivity contribution < 1.29 is 4.52 Å². The van der Waals surface area contributed by atoms with Crippen LogP contribution >= 0.6 is 0 Å². The highest BCUT2D eigenvalue weighted by molar-refractivity contribution is 5.54. The van der Waals surface area contributed by atoms with Crippen LogP contribution in [0.4, 0.5) is 5.95 Å². The number of fused-ring (bicyclic) bond motifs is 1. The average molecular weight is 350 g/mol. The molecule has 1 saturated heterocycles. The first-order valence-corrected chi connectivity index (χ1v) is 9.48. The van der Waals surface area contributed by atoms with Crippen molar-refractivity contribution in [2.75, 3.05) is 11.4 Å². The maximum Gasteiger partial charge on any atom is 0.266 e. The molecule has 2 aliphatic rings. The summed E-state index contributed by atoms with van der Waals surface area (Å²) >= 11 is 0. The second kappa shape index (κ2) is 6.55. The Morgan fingerprint density at radius 3 is 2.81 bits per heavy atom. The van der Waals surface area contributed by atoms with Gasteiger partial charge in [0.2, 0.25) is 0 Å². The van der Waals surface area contributed by atoms with Crippen LogP contribution in [-0.4, -0.2) is 31.4 Å². The highest BCUT2D eigenvalue weighted by atomic mass is 16.5. The molecule has 0 saturated carbocycles. The number of aromatic nitrogens is 5. The zero-order valence-corrected chi connectivity index (χ0v) is 14.7. The topological polar surface area (TPSA) is 72.9 Å². The van der Waals surface area contributed by atoms with E-state index in [1.165, 1.54) is 19.3 Å². The van der Waals surface area contributed by atoms with Crippen molar-refractivity contribution in [3.63, 3.8) is 0 Å². The van der Waals surface area contributed by atoms with Crippen molar-refractivity contribution >= 4 is 5.95 Å². The molecule has 7 heteroatoms. The van der Waals surface area contributed by atoms with Gasteiger partial charge in [-0.15, -0.1) is 10.2 Å². The van der Waals surface area contributed by atoms with E-state index in [0.29, 0.717) is 11.8 Å². The van der Waals surface area contributed by atoms with Gasteiger partial charge in [0.1, 0.15) is 5.82 Å². The quantitative estimate of drug-likeness (QED) is 0.721. The number of rotatable bonds is 3. The van der Waals surface area contributed by atoms with Gasteiger partial charge in [-0.2, -0.15) is 4.98 Å². The van der Waals surface area contributed by atoms with Crippen molar-refractivity contribution in [2.24, 2.45) is 0 Å². The Hall–Kier alpha value is -2.70. The number of aryl methyl sites for hydroxylation is 1. The molecule has 0 spiro atoms. The summed E-state index contributed by atoms with van der Waals surface area (Å²) in [5.74, 6) is 3.40. The lowest BCUT2D eigenvalue weighted by atomic mass is 10.2. The maximum atomic E-state index is 5.52. The Kier molecular flexibility index (Phi) is 3.92. The molecule has 0 N–H and O–H groups in total.